The molecular weight excluding hydrogens is 276 g/mol. The maximum atomic E-state index is 5.97. The third kappa shape index (κ3) is 3.02. The molecule has 0 saturated heterocycles. The van der Waals surface area contributed by atoms with E-state index in [1.165, 1.54) is 12.0 Å². The van der Waals surface area contributed by atoms with E-state index in [-0.39, 0.29) is 0 Å². The number of hydrogen-bond donors (Lipinski definition) is 0. The molecule has 2 aromatic rings. The highest BCUT2D eigenvalue weighted by Gasteiger charge is 2.24. The molecule has 1 aliphatic rings. The molecule has 4 heteroatoms. The van der Waals surface area contributed by atoms with E-state index in [2.05, 4.69) is 29.8 Å². The van der Waals surface area contributed by atoms with E-state index < -0.39 is 0 Å². The van der Waals surface area contributed by atoms with Gasteiger partial charge in [0.1, 0.15) is 18.1 Å². The fraction of sp³-hybridized carbons (Fsp3) is 0.500. The molecule has 1 aliphatic heterocycles. The maximum Gasteiger partial charge on any atom is 0.226 e. The van der Waals surface area contributed by atoms with Crippen molar-refractivity contribution >= 4 is 0 Å². The van der Waals surface area contributed by atoms with Crippen LogP contribution in [0, 0.1) is 6.92 Å². The Labute approximate surface area is 132 Å². The minimum Gasteiger partial charge on any atom is -0.492 e. The second kappa shape index (κ2) is 6.53. The number of rotatable bonds is 5. The fourth-order valence-electron chi connectivity index (χ4n) is 3.12. The van der Waals surface area contributed by atoms with Gasteiger partial charge in [0, 0.05) is 11.6 Å². The molecule has 2 heterocycles. The Bertz CT molecular complexity index is 636. The molecule has 22 heavy (non-hydrogen) atoms. The lowest BCUT2D eigenvalue weighted by Crippen LogP contribution is -2.43. The summed E-state index contributed by atoms with van der Waals surface area (Å²) in [5.41, 5.74) is 2.27. The monoisotopic (exact) mass is 300 g/mol. The van der Waals surface area contributed by atoms with Crippen LogP contribution < -0.4 is 4.74 Å². The molecule has 0 unspecified atom stereocenters. The number of ether oxygens (including phenoxy) is 1. The summed E-state index contributed by atoms with van der Waals surface area (Å²) in [7, 11) is 0. The van der Waals surface area contributed by atoms with E-state index in [0.29, 0.717) is 11.9 Å². The van der Waals surface area contributed by atoms with Gasteiger partial charge in [-0.15, -0.1) is 0 Å². The number of likely N-dealkylation sites (N-methyl/N-ethyl adjacent to an activating group) is 1. The summed E-state index contributed by atoms with van der Waals surface area (Å²) in [6.45, 7) is 9.32. The van der Waals surface area contributed by atoms with Gasteiger partial charge < -0.3 is 9.15 Å². The number of nitrogens with zero attached hydrogens (tertiary/aromatic N) is 2. The van der Waals surface area contributed by atoms with Crippen molar-refractivity contribution in [2.45, 2.75) is 39.7 Å². The van der Waals surface area contributed by atoms with Crippen LogP contribution in [0.1, 0.15) is 31.6 Å². The standard InChI is InChI=1S/C18H24N2O2/c1-4-8-20(5-2)16-10-15-9-14(6-7-17(15)21-12-16)18-19-11-13(3)22-18/h6-7,9,11,16H,4-5,8,10,12H2,1-3H3/t16-/m0/s1. The molecule has 0 fully saturated rings. The Kier molecular flexibility index (Phi) is 4.48. The van der Waals surface area contributed by atoms with E-state index >= 15 is 0 Å². The quantitative estimate of drug-likeness (QED) is 0.844. The van der Waals surface area contributed by atoms with E-state index in [1.807, 2.05) is 19.1 Å². The summed E-state index contributed by atoms with van der Waals surface area (Å²) in [5, 5.41) is 0. The molecule has 1 atom stereocenters. The van der Waals surface area contributed by atoms with Crippen LogP contribution in [0.4, 0.5) is 0 Å². The van der Waals surface area contributed by atoms with Crippen molar-refractivity contribution in [3.63, 3.8) is 0 Å². The van der Waals surface area contributed by atoms with Gasteiger partial charge >= 0.3 is 0 Å². The topological polar surface area (TPSA) is 38.5 Å². The zero-order valence-corrected chi connectivity index (χ0v) is 13.6. The van der Waals surface area contributed by atoms with Gasteiger partial charge in [0.2, 0.25) is 5.89 Å². The molecule has 3 rings (SSSR count). The molecular formula is C18H24N2O2. The van der Waals surface area contributed by atoms with Crippen molar-refractivity contribution in [2.24, 2.45) is 0 Å². The summed E-state index contributed by atoms with van der Waals surface area (Å²) >= 11 is 0. The van der Waals surface area contributed by atoms with Crippen LogP contribution in [-0.4, -0.2) is 35.6 Å². The van der Waals surface area contributed by atoms with E-state index in [9.17, 15) is 0 Å². The average Bonchev–Trinajstić information content (AvgIpc) is 2.98. The fourth-order valence-corrected chi connectivity index (χ4v) is 3.12. The molecule has 0 radical (unpaired) electrons. The van der Waals surface area contributed by atoms with E-state index in [4.69, 9.17) is 9.15 Å². The van der Waals surface area contributed by atoms with Crippen LogP contribution >= 0.6 is 0 Å². The number of aromatic nitrogens is 1. The number of benzene rings is 1. The molecule has 118 valence electrons. The number of oxazole rings is 1. The largest absolute Gasteiger partial charge is 0.492 e. The molecule has 0 amide bonds. The highest BCUT2D eigenvalue weighted by Crippen LogP contribution is 2.31. The molecule has 1 aromatic heterocycles. The lowest BCUT2D eigenvalue weighted by atomic mass is 9.99. The minimum atomic E-state index is 0.457. The second-order valence-electron chi connectivity index (χ2n) is 5.90. The lowest BCUT2D eigenvalue weighted by Gasteiger charge is -2.34. The smallest absolute Gasteiger partial charge is 0.226 e. The number of aryl methyl sites for hydroxylation is 1. The summed E-state index contributed by atoms with van der Waals surface area (Å²) in [4.78, 5) is 6.82. The Morgan fingerprint density at radius 1 is 1.32 bits per heavy atom. The van der Waals surface area contributed by atoms with Crippen molar-refractivity contribution in [3.05, 3.63) is 35.7 Å². The van der Waals surface area contributed by atoms with Crippen molar-refractivity contribution < 1.29 is 9.15 Å². The SMILES string of the molecule is CCCN(CC)[C@@H]1COc2ccc(-c3ncc(C)o3)cc2C1. The Hall–Kier alpha value is -1.81. The number of fused-ring (bicyclic) bond motifs is 1. The highest BCUT2D eigenvalue weighted by molar-refractivity contribution is 5.58. The van der Waals surface area contributed by atoms with Crippen molar-refractivity contribution in [2.75, 3.05) is 19.7 Å². The molecule has 0 spiro atoms. The molecule has 0 bridgehead atoms. The Balaban J connectivity index is 1.83. The molecule has 0 saturated carbocycles. The third-order valence-electron chi connectivity index (χ3n) is 4.25. The minimum absolute atomic E-state index is 0.457. The molecule has 0 aliphatic carbocycles. The molecule has 1 aromatic carbocycles. The average molecular weight is 300 g/mol. The van der Waals surface area contributed by atoms with Gasteiger partial charge in [0.25, 0.3) is 0 Å². The van der Waals surface area contributed by atoms with Gasteiger partial charge in [-0.05, 0) is 56.6 Å². The van der Waals surface area contributed by atoms with Crippen LogP contribution in [0.5, 0.6) is 5.75 Å². The van der Waals surface area contributed by atoms with Gasteiger partial charge in [-0.25, -0.2) is 4.98 Å². The Morgan fingerprint density at radius 3 is 2.86 bits per heavy atom. The summed E-state index contributed by atoms with van der Waals surface area (Å²) in [5.74, 6) is 2.51. The highest BCUT2D eigenvalue weighted by atomic mass is 16.5. The maximum absolute atomic E-state index is 5.97. The van der Waals surface area contributed by atoms with Crippen LogP contribution in [0.25, 0.3) is 11.5 Å². The van der Waals surface area contributed by atoms with Crippen molar-refractivity contribution in [3.8, 4) is 17.2 Å². The zero-order valence-electron chi connectivity index (χ0n) is 13.6. The van der Waals surface area contributed by atoms with Gasteiger partial charge in [0.05, 0.1) is 6.20 Å². The predicted molar refractivity (Wildman–Crippen MR) is 87.2 cm³/mol. The lowest BCUT2D eigenvalue weighted by molar-refractivity contribution is 0.124. The normalized spacial score (nSPS) is 17.4. The van der Waals surface area contributed by atoms with E-state index in [1.54, 1.807) is 6.20 Å². The van der Waals surface area contributed by atoms with Gasteiger partial charge in [-0.1, -0.05) is 13.8 Å². The van der Waals surface area contributed by atoms with Crippen molar-refractivity contribution in [1.29, 1.82) is 0 Å². The first-order valence-corrected chi connectivity index (χ1v) is 8.13. The third-order valence-corrected chi connectivity index (χ3v) is 4.25. The second-order valence-corrected chi connectivity index (χ2v) is 5.90. The number of hydrogen-bond acceptors (Lipinski definition) is 4. The summed E-state index contributed by atoms with van der Waals surface area (Å²) in [6.07, 6.45) is 3.96. The van der Waals surface area contributed by atoms with Crippen LogP contribution in [0.2, 0.25) is 0 Å². The predicted octanol–water partition coefficient (Wildman–Crippen LogP) is 3.69. The van der Waals surface area contributed by atoms with Crippen LogP contribution in [-0.2, 0) is 6.42 Å². The zero-order chi connectivity index (χ0) is 15.5. The first-order valence-electron chi connectivity index (χ1n) is 8.13. The van der Waals surface area contributed by atoms with Crippen LogP contribution in [0.15, 0.2) is 28.8 Å². The molecule has 4 nitrogen and oxygen atoms in total. The molecule has 0 N–H and O–H groups in total. The first-order chi connectivity index (χ1) is 10.7. The van der Waals surface area contributed by atoms with Crippen LogP contribution in [0.3, 0.4) is 0 Å². The van der Waals surface area contributed by atoms with Gasteiger partial charge in [-0.3, -0.25) is 4.90 Å². The Morgan fingerprint density at radius 2 is 2.18 bits per heavy atom. The van der Waals surface area contributed by atoms with E-state index in [0.717, 1.165) is 43.2 Å². The van der Waals surface area contributed by atoms with Gasteiger partial charge in [-0.2, -0.15) is 0 Å². The summed E-state index contributed by atoms with van der Waals surface area (Å²) < 4.78 is 11.6. The van der Waals surface area contributed by atoms with Crippen molar-refractivity contribution in [1.82, 2.24) is 9.88 Å². The summed E-state index contributed by atoms with van der Waals surface area (Å²) in [6, 6.07) is 6.68. The first kappa shape index (κ1) is 15.1. The van der Waals surface area contributed by atoms with Gasteiger partial charge in [0.15, 0.2) is 0 Å².